The number of nitrogens with zero attached hydrogens (tertiary/aromatic N) is 1. The van der Waals surface area contributed by atoms with E-state index in [9.17, 15) is 9.59 Å². The second-order valence-corrected chi connectivity index (χ2v) is 6.71. The highest BCUT2D eigenvalue weighted by molar-refractivity contribution is 7.13. The zero-order valence-electron chi connectivity index (χ0n) is 13.2. The third-order valence-corrected chi connectivity index (χ3v) is 4.93. The minimum atomic E-state index is -0.222. The number of hydrogen-bond donors (Lipinski definition) is 2. The van der Waals surface area contributed by atoms with Gasteiger partial charge in [0, 0.05) is 22.8 Å². The molecule has 1 unspecified atom stereocenters. The summed E-state index contributed by atoms with van der Waals surface area (Å²) in [5, 5.41) is 8.00. The lowest BCUT2D eigenvalue weighted by Gasteiger charge is -2.28. The standard InChI is InChI=1S/C19H15N3O2S/c23-17(22-19-20-9-10-25-19)12-5-7-14(8-6-12)21-18(24)16-11-13-3-1-2-4-15(13)16/h1-10,16H,11H2,(H,21,24)(H,20,22,23). The highest BCUT2D eigenvalue weighted by atomic mass is 32.1. The smallest absolute Gasteiger partial charge is 0.257 e. The molecule has 2 N–H and O–H groups in total. The van der Waals surface area contributed by atoms with Crippen LogP contribution in [0.1, 0.15) is 27.4 Å². The number of thiazole rings is 1. The van der Waals surface area contributed by atoms with Crippen molar-refractivity contribution < 1.29 is 9.59 Å². The monoisotopic (exact) mass is 349 g/mol. The third-order valence-electron chi connectivity index (χ3n) is 4.24. The van der Waals surface area contributed by atoms with Gasteiger partial charge < -0.3 is 5.32 Å². The summed E-state index contributed by atoms with van der Waals surface area (Å²) in [6, 6.07) is 14.8. The Balaban J connectivity index is 1.39. The van der Waals surface area contributed by atoms with Crippen molar-refractivity contribution in [1.29, 1.82) is 0 Å². The Kier molecular flexibility index (Phi) is 4.03. The number of benzene rings is 2. The van der Waals surface area contributed by atoms with E-state index in [1.807, 2.05) is 18.2 Å². The number of fused-ring (bicyclic) bond motifs is 1. The number of rotatable bonds is 4. The maximum Gasteiger partial charge on any atom is 0.257 e. The topological polar surface area (TPSA) is 71.1 Å². The first-order chi connectivity index (χ1) is 12.2. The predicted molar refractivity (Wildman–Crippen MR) is 98.0 cm³/mol. The first kappa shape index (κ1) is 15.5. The minimum Gasteiger partial charge on any atom is -0.326 e. The second kappa shape index (κ2) is 6.49. The molecule has 0 aliphatic heterocycles. The molecule has 2 amide bonds. The Hall–Kier alpha value is -2.99. The molecule has 1 heterocycles. The molecule has 25 heavy (non-hydrogen) atoms. The van der Waals surface area contributed by atoms with Crippen molar-refractivity contribution in [2.75, 3.05) is 10.6 Å². The fourth-order valence-electron chi connectivity index (χ4n) is 2.88. The van der Waals surface area contributed by atoms with Gasteiger partial charge in [-0.25, -0.2) is 4.98 Å². The molecule has 1 aliphatic carbocycles. The molecule has 0 radical (unpaired) electrons. The van der Waals surface area contributed by atoms with E-state index in [-0.39, 0.29) is 17.7 Å². The molecule has 4 rings (SSSR count). The van der Waals surface area contributed by atoms with Crippen LogP contribution in [0.3, 0.4) is 0 Å². The normalized spacial score (nSPS) is 15.0. The number of carbonyl (C=O) groups is 2. The average molecular weight is 349 g/mol. The summed E-state index contributed by atoms with van der Waals surface area (Å²) in [6.45, 7) is 0. The van der Waals surface area contributed by atoms with E-state index in [0.29, 0.717) is 16.4 Å². The Morgan fingerprint density at radius 3 is 2.56 bits per heavy atom. The van der Waals surface area contributed by atoms with Crippen LogP contribution in [-0.2, 0) is 11.2 Å². The molecule has 0 spiro atoms. The number of amides is 2. The van der Waals surface area contributed by atoms with Crippen molar-refractivity contribution in [2.24, 2.45) is 0 Å². The van der Waals surface area contributed by atoms with Crippen LogP contribution in [0.4, 0.5) is 10.8 Å². The average Bonchev–Trinajstić information content (AvgIpc) is 3.09. The number of hydrogen-bond acceptors (Lipinski definition) is 4. The van der Waals surface area contributed by atoms with Crippen molar-refractivity contribution in [1.82, 2.24) is 4.98 Å². The number of carbonyl (C=O) groups excluding carboxylic acids is 2. The summed E-state index contributed by atoms with van der Waals surface area (Å²) in [5.41, 5.74) is 3.53. The van der Waals surface area contributed by atoms with Gasteiger partial charge in [-0.3, -0.25) is 14.9 Å². The number of anilines is 2. The SMILES string of the molecule is O=C(Nc1nccs1)c1ccc(NC(=O)C2Cc3ccccc32)cc1. The summed E-state index contributed by atoms with van der Waals surface area (Å²) in [7, 11) is 0. The first-order valence-electron chi connectivity index (χ1n) is 7.90. The van der Waals surface area contributed by atoms with Crippen LogP contribution in [0.5, 0.6) is 0 Å². The number of nitrogens with one attached hydrogen (secondary N) is 2. The summed E-state index contributed by atoms with van der Waals surface area (Å²) in [4.78, 5) is 28.5. The van der Waals surface area contributed by atoms with Gasteiger partial charge in [-0.05, 0) is 41.8 Å². The molecular formula is C19H15N3O2S. The van der Waals surface area contributed by atoms with Crippen LogP contribution < -0.4 is 10.6 Å². The van der Waals surface area contributed by atoms with E-state index in [1.54, 1.807) is 35.8 Å². The Morgan fingerprint density at radius 2 is 1.84 bits per heavy atom. The predicted octanol–water partition coefficient (Wildman–Crippen LogP) is 3.67. The zero-order chi connectivity index (χ0) is 17.2. The molecular weight excluding hydrogens is 334 g/mol. The lowest BCUT2D eigenvalue weighted by atomic mass is 9.77. The Bertz CT molecular complexity index is 920. The van der Waals surface area contributed by atoms with Crippen molar-refractivity contribution in [3.8, 4) is 0 Å². The molecule has 0 saturated heterocycles. The molecule has 124 valence electrons. The van der Waals surface area contributed by atoms with Crippen LogP contribution >= 0.6 is 11.3 Å². The van der Waals surface area contributed by atoms with Gasteiger partial charge in [-0.1, -0.05) is 24.3 Å². The van der Waals surface area contributed by atoms with Crippen LogP contribution in [0.15, 0.2) is 60.1 Å². The number of aromatic nitrogens is 1. The van der Waals surface area contributed by atoms with Gasteiger partial charge in [0.15, 0.2) is 5.13 Å². The van der Waals surface area contributed by atoms with Crippen molar-refractivity contribution in [2.45, 2.75) is 12.3 Å². The molecule has 2 aromatic carbocycles. The van der Waals surface area contributed by atoms with Gasteiger partial charge in [-0.2, -0.15) is 0 Å². The van der Waals surface area contributed by atoms with Gasteiger partial charge >= 0.3 is 0 Å². The highest BCUT2D eigenvalue weighted by Gasteiger charge is 2.31. The van der Waals surface area contributed by atoms with Crippen LogP contribution in [0, 0.1) is 0 Å². The summed E-state index contributed by atoms with van der Waals surface area (Å²) in [5.74, 6) is -0.330. The van der Waals surface area contributed by atoms with Crippen LogP contribution in [-0.4, -0.2) is 16.8 Å². The van der Waals surface area contributed by atoms with Crippen molar-refractivity contribution >= 4 is 34.0 Å². The molecule has 1 aliphatic rings. The fraction of sp³-hybridized carbons (Fsp3) is 0.105. The summed E-state index contributed by atoms with van der Waals surface area (Å²) in [6.07, 6.45) is 2.41. The van der Waals surface area contributed by atoms with E-state index in [0.717, 1.165) is 12.0 Å². The summed E-state index contributed by atoms with van der Waals surface area (Å²) < 4.78 is 0. The Morgan fingerprint density at radius 1 is 1.04 bits per heavy atom. The maximum absolute atomic E-state index is 12.4. The maximum atomic E-state index is 12.4. The molecule has 1 atom stereocenters. The van der Waals surface area contributed by atoms with Crippen molar-refractivity contribution in [3.63, 3.8) is 0 Å². The van der Waals surface area contributed by atoms with Gasteiger partial charge in [0.2, 0.25) is 5.91 Å². The van der Waals surface area contributed by atoms with E-state index < -0.39 is 0 Å². The molecule has 0 bridgehead atoms. The first-order valence-corrected chi connectivity index (χ1v) is 8.78. The van der Waals surface area contributed by atoms with Gasteiger partial charge in [0.25, 0.3) is 5.91 Å². The van der Waals surface area contributed by atoms with E-state index in [4.69, 9.17) is 0 Å². The molecule has 5 nitrogen and oxygen atoms in total. The van der Waals surface area contributed by atoms with E-state index >= 15 is 0 Å². The van der Waals surface area contributed by atoms with E-state index in [2.05, 4.69) is 21.7 Å². The molecule has 0 fully saturated rings. The van der Waals surface area contributed by atoms with Crippen molar-refractivity contribution in [3.05, 3.63) is 76.8 Å². The lowest BCUT2D eigenvalue weighted by molar-refractivity contribution is -0.118. The van der Waals surface area contributed by atoms with Gasteiger partial charge in [-0.15, -0.1) is 11.3 Å². The molecule has 6 heteroatoms. The Labute approximate surface area is 148 Å². The quantitative estimate of drug-likeness (QED) is 0.755. The minimum absolute atomic E-state index is 0.0151. The highest BCUT2D eigenvalue weighted by Crippen LogP contribution is 2.35. The van der Waals surface area contributed by atoms with Gasteiger partial charge in [0.1, 0.15) is 0 Å². The van der Waals surface area contributed by atoms with Crippen LogP contribution in [0.25, 0.3) is 0 Å². The van der Waals surface area contributed by atoms with Crippen LogP contribution in [0.2, 0.25) is 0 Å². The second-order valence-electron chi connectivity index (χ2n) is 5.81. The molecule has 1 aromatic heterocycles. The largest absolute Gasteiger partial charge is 0.326 e. The van der Waals surface area contributed by atoms with E-state index in [1.165, 1.54) is 16.9 Å². The zero-order valence-corrected chi connectivity index (χ0v) is 14.0. The third kappa shape index (κ3) is 3.16. The molecule has 3 aromatic rings. The lowest BCUT2D eigenvalue weighted by Crippen LogP contribution is -2.30. The fourth-order valence-corrected chi connectivity index (χ4v) is 3.41. The molecule has 0 saturated carbocycles. The summed E-state index contributed by atoms with van der Waals surface area (Å²) >= 11 is 1.36. The van der Waals surface area contributed by atoms with Gasteiger partial charge in [0.05, 0.1) is 5.92 Å².